The fraction of sp³-hybridized carbons (Fsp3) is 0.308. The summed E-state index contributed by atoms with van der Waals surface area (Å²) >= 11 is 0. The van der Waals surface area contributed by atoms with Crippen LogP contribution in [-0.2, 0) is 16.0 Å². The molecule has 7 nitrogen and oxygen atoms in total. The highest BCUT2D eigenvalue weighted by Gasteiger charge is 2.05. The molecule has 1 aromatic carbocycles. The molecule has 2 aromatic rings. The number of aromatic amines is 2. The SMILES string of the molecule is CC(=O)NCCNC(=O)Cc1ccc2[nH]c(=O)[nH]c2c1. The first kappa shape index (κ1) is 13.9. The zero-order valence-corrected chi connectivity index (χ0v) is 11.1. The maximum Gasteiger partial charge on any atom is 0.323 e. The fourth-order valence-corrected chi connectivity index (χ4v) is 1.88. The van der Waals surface area contributed by atoms with E-state index in [1.807, 2.05) is 0 Å². The van der Waals surface area contributed by atoms with Crippen LogP contribution in [0.2, 0.25) is 0 Å². The van der Waals surface area contributed by atoms with E-state index in [0.717, 1.165) is 5.56 Å². The van der Waals surface area contributed by atoms with E-state index in [1.54, 1.807) is 18.2 Å². The van der Waals surface area contributed by atoms with Crippen molar-refractivity contribution in [3.8, 4) is 0 Å². The Morgan fingerprint density at radius 2 is 1.80 bits per heavy atom. The third kappa shape index (κ3) is 3.71. The van der Waals surface area contributed by atoms with E-state index >= 15 is 0 Å². The van der Waals surface area contributed by atoms with Gasteiger partial charge in [0.2, 0.25) is 11.8 Å². The van der Waals surface area contributed by atoms with Gasteiger partial charge < -0.3 is 20.6 Å². The number of hydrogen-bond donors (Lipinski definition) is 4. The first-order chi connectivity index (χ1) is 9.54. The molecule has 1 aromatic heterocycles. The van der Waals surface area contributed by atoms with Gasteiger partial charge in [-0.1, -0.05) is 6.07 Å². The first-order valence-corrected chi connectivity index (χ1v) is 6.26. The lowest BCUT2D eigenvalue weighted by atomic mass is 10.1. The summed E-state index contributed by atoms with van der Waals surface area (Å²) in [5, 5.41) is 5.30. The molecular weight excluding hydrogens is 260 g/mol. The second kappa shape index (κ2) is 6.05. The Bertz CT molecular complexity index is 686. The highest BCUT2D eigenvalue weighted by molar-refractivity contribution is 5.81. The highest BCUT2D eigenvalue weighted by atomic mass is 16.2. The van der Waals surface area contributed by atoms with Gasteiger partial charge in [-0.05, 0) is 17.7 Å². The third-order valence-electron chi connectivity index (χ3n) is 2.77. The Morgan fingerprint density at radius 3 is 2.55 bits per heavy atom. The standard InChI is InChI=1S/C13H16N4O3/c1-8(18)14-4-5-15-12(19)7-9-2-3-10-11(6-9)17-13(20)16-10/h2-3,6H,4-5,7H2,1H3,(H,14,18)(H,15,19)(H2,16,17,20). The summed E-state index contributed by atoms with van der Waals surface area (Å²) in [5.41, 5.74) is 1.94. The molecule has 0 aliphatic heterocycles. The van der Waals surface area contributed by atoms with Crippen LogP contribution in [0.15, 0.2) is 23.0 Å². The quantitative estimate of drug-likeness (QED) is 0.561. The Balaban J connectivity index is 1.89. The molecule has 0 spiro atoms. The van der Waals surface area contributed by atoms with Crippen molar-refractivity contribution in [3.63, 3.8) is 0 Å². The predicted octanol–water partition coefficient (Wildman–Crippen LogP) is -0.349. The number of nitrogens with one attached hydrogen (secondary N) is 4. The average Bonchev–Trinajstić information content (AvgIpc) is 2.74. The monoisotopic (exact) mass is 276 g/mol. The molecule has 7 heteroatoms. The smallest absolute Gasteiger partial charge is 0.323 e. The van der Waals surface area contributed by atoms with Crippen molar-refractivity contribution in [2.75, 3.05) is 13.1 Å². The number of hydrogen-bond acceptors (Lipinski definition) is 3. The molecule has 0 aliphatic rings. The number of imidazole rings is 1. The molecule has 0 saturated heterocycles. The van der Waals surface area contributed by atoms with Gasteiger partial charge in [0.25, 0.3) is 0 Å². The number of H-pyrrole nitrogens is 2. The minimum Gasteiger partial charge on any atom is -0.355 e. The average molecular weight is 276 g/mol. The van der Waals surface area contributed by atoms with E-state index in [0.29, 0.717) is 24.1 Å². The summed E-state index contributed by atoms with van der Waals surface area (Å²) < 4.78 is 0. The first-order valence-electron chi connectivity index (χ1n) is 6.26. The van der Waals surface area contributed by atoms with Gasteiger partial charge in [0.1, 0.15) is 0 Å². The Morgan fingerprint density at radius 1 is 1.10 bits per heavy atom. The van der Waals surface area contributed by atoms with Crippen molar-refractivity contribution in [2.45, 2.75) is 13.3 Å². The van der Waals surface area contributed by atoms with E-state index in [4.69, 9.17) is 0 Å². The number of carbonyl (C=O) groups is 2. The molecule has 0 aliphatic carbocycles. The van der Waals surface area contributed by atoms with Crippen LogP contribution in [0.4, 0.5) is 0 Å². The number of amides is 2. The minimum absolute atomic E-state index is 0.124. The lowest BCUT2D eigenvalue weighted by Gasteiger charge is -2.05. The normalized spacial score (nSPS) is 10.4. The van der Waals surface area contributed by atoms with Crippen LogP contribution in [0.5, 0.6) is 0 Å². The van der Waals surface area contributed by atoms with Gasteiger partial charge in [0.05, 0.1) is 17.5 Å². The van der Waals surface area contributed by atoms with Crippen LogP contribution in [0.1, 0.15) is 12.5 Å². The van der Waals surface area contributed by atoms with Gasteiger partial charge in [-0.15, -0.1) is 0 Å². The van der Waals surface area contributed by atoms with Crippen molar-refractivity contribution in [1.82, 2.24) is 20.6 Å². The van der Waals surface area contributed by atoms with Gasteiger partial charge in [0.15, 0.2) is 0 Å². The lowest BCUT2D eigenvalue weighted by Crippen LogP contribution is -2.34. The number of fused-ring (bicyclic) bond motifs is 1. The third-order valence-corrected chi connectivity index (χ3v) is 2.77. The molecule has 2 amide bonds. The van der Waals surface area contributed by atoms with Crippen LogP contribution in [0.3, 0.4) is 0 Å². The van der Waals surface area contributed by atoms with Crippen LogP contribution >= 0.6 is 0 Å². The van der Waals surface area contributed by atoms with E-state index in [1.165, 1.54) is 6.92 Å². The zero-order chi connectivity index (χ0) is 14.5. The van der Waals surface area contributed by atoms with Crippen molar-refractivity contribution in [1.29, 1.82) is 0 Å². The molecule has 1 heterocycles. The molecule has 0 radical (unpaired) electrons. The van der Waals surface area contributed by atoms with Crippen LogP contribution in [0, 0.1) is 0 Å². The molecular formula is C13H16N4O3. The fourth-order valence-electron chi connectivity index (χ4n) is 1.88. The maximum atomic E-state index is 11.7. The highest BCUT2D eigenvalue weighted by Crippen LogP contribution is 2.10. The number of rotatable bonds is 5. The Hall–Kier alpha value is -2.57. The van der Waals surface area contributed by atoms with E-state index < -0.39 is 0 Å². The minimum atomic E-state index is -0.267. The Labute approximate surface area is 114 Å². The molecule has 106 valence electrons. The van der Waals surface area contributed by atoms with Crippen molar-refractivity contribution >= 4 is 22.8 Å². The Kier molecular flexibility index (Phi) is 4.19. The van der Waals surface area contributed by atoms with Crippen molar-refractivity contribution < 1.29 is 9.59 Å². The van der Waals surface area contributed by atoms with Crippen LogP contribution in [0.25, 0.3) is 11.0 Å². The molecule has 0 atom stereocenters. The molecule has 0 saturated carbocycles. The van der Waals surface area contributed by atoms with E-state index in [-0.39, 0.29) is 23.9 Å². The summed E-state index contributed by atoms with van der Waals surface area (Å²) in [4.78, 5) is 38.8. The summed E-state index contributed by atoms with van der Waals surface area (Å²) in [6, 6.07) is 5.31. The maximum absolute atomic E-state index is 11.7. The largest absolute Gasteiger partial charge is 0.355 e. The summed E-state index contributed by atoms with van der Waals surface area (Å²) in [5.74, 6) is -0.256. The summed E-state index contributed by atoms with van der Waals surface area (Å²) in [6.45, 7) is 2.22. The molecule has 4 N–H and O–H groups in total. The predicted molar refractivity (Wildman–Crippen MR) is 74.3 cm³/mol. The second-order valence-electron chi connectivity index (χ2n) is 4.47. The van der Waals surface area contributed by atoms with Crippen molar-refractivity contribution in [2.24, 2.45) is 0 Å². The van der Waals surface area contributed by atoms with Gasteiger partial charge in [-0.25, -0.2) is 4.79 Å². The van der Waals surface area contributed by atoms with Gasteiger partial charge in [-0.2, -0.15) is 0 Å². The zero-order valence-electron chi connectivity index (χ0n) is 11.1. The summed E-state index contributed by atoms with van der Waals surface area (Å²) in [7, 11) is 0. The topological polar surface area (TPSA) is 107 Å². The molecule has 0 unspecified atom stereocenters. The summed E-state index contributed by atoms with van der Waals surface area (Å²) in [6.07, 6.45) is 0.225. The van der Waals surface area contributed by atoms with Gasteiger partial charge in [0, 0.05) is 20.0 Å². The van der Waals surface area contributed by atoms with Gasteiger partial charge in [-0.3, -0.25) is 9.59 Å². The van der Waals surface area contributed by atoms with Crippen molar-refractivity contribution in [3.05, 3.63) is 34.2 Å². The molecule has 0 fully saturated rings. The van der Waals surface area contributed by atoms with E-state index in [9.17, 15) is 14.4 Å². The van der Waals surface area contributed by atoms with Crippen LogP contribution in [-0.4, -0.2) is 34.9 Å². The molecule has 2 rings (SSSR count). The van der Waals surface area contributed by atoms with Crippen LogP contribution < -0.4 is 16.3 Å². The lowest BCUT2D eigenvalue weighted by molar-refractivity contribution is -0.121. The second-order valence-corrected chi connectivity index (χ2v) is 4.47. The van der Waals surface area contributed by atoms with E-state index in [2.05, 4.69) is 20.6 Å². The molecule has 0 bridgehead atoms. The molecule has 20 heavy (non-hydrogen) atoms. The number of carbonyl (C=O) groups excluding carboxylic acids is 2. The number of aromatic nitrogens is 2. The number of benzene rings is 1. The van der Waals surface area contributed by atoms with Gasteiger partial charge >= 0.3 is 5.69 Å².